The van der Waals surface area contributed by atoms with Crippen LogP contribution in [0.25, 0.3) is 0 Å². The minimum Gasteiger partial charge on any atom is -0.320 e. The molecule has 0 spiro atoms. The van der Waals surface area contributed by atoms with Gasteiger partial charge in [-0.1, -0.05) is 6.07 Å². The molecule has 0 saturated carbocycles. The van der Waals surface area contributed by atoms with Crippen molar-refractivity contribution >= 4 is 43.2 Å². The number of benzene rings is 1. The lowest BCUT2D eigenvalue weighted by atomic mass is 9.98. The molecular weight excluding hydrogens is 419 g/mol. The predicted molar refractivity (Wildman–Crippen MR) is 81.9 cm³/mol. The maximum Gasteiger partial charge on any atom is 0.416 e. The Balaban J connectivity index is 2.38. The summed E-state index contributed by atoms with van der Waals surface area (Å²) in [5.74, 6) is 0. The third-order valence-electron chi connectivity index (χ3n) is 2.90. The van der Waals surface area contributed by atoms with E-state index in [9.17, 15) is 13.2 Å². The van der Waals surface area contributed by atoms with Gasteiger partial charge in [0.15, 0.2) is 0 Å². The fraction of sp³-hybridized carbons (Fsp3) is 0.231. The molecule has 0 aliphatic rings. The number of halogens is 5. The van der Waals surface area contributed by atoms with Crippen LogP contribution in [0, 0.1) is 6.92 Å². The summed E-state index contributed by atoms with van der Waals surface area (Å²) in [6.45, 7) is 1.64. The number of nitrogens with two attached hydrogens (primary N) is 1. The first-order chi connectivity index (χ1) is 9.20. The van der Waals surface area contributed by atoms with Crippen molar-refractivity contribution in [1.82, 2.24) is 0 Å². The monoisotopic (exact) mass is 427 g/mol. The van der Waals surface area contributed by atoms with Gasteiger partial charge in [0.25, 0.3) is 0 Å². The summed E-state index contributed by atoms with van der Waals surface area (Å²) in [7, 11) is 0. The van der Waals surface area contributed by atoms with Crippen molar-refractivity contribution in [3.63, 3.8) is 0 Å². The van der Waals surface area contributed by atoms with E-state index in [-0.39, 0.29) is 0 Å². The molecule has 1 aromatic heterocycles. The van der Waals surface area contributed by atoms with Crippen molar-refractivity contribution in [1.29, 1.82) is 0 Å². The van der Waals surface area contributed by atoms with Crippen LogP contribution in [0.2, 0.25) is 0 Å². The summed E-state index contributed by atoms with van der Waals surface area (Å²) in [6, 6.07) is 5.08. The highest BCUT2D eigenvalue weighted by Gasteiger charge is 2.31. The maximum atomic E-state index is 12.6. The lowest BCUT2D eigenvalue weighted by molar-refractivity contribution is -0.137. The van der Waals surface area contributed by atoms with E-state index in [1.807, 2.05) is 6.07 Å². The average molecular weight is 429 g/mol. The lowest BCUT2D eigenvalue weighted by Crippen LogP contribution is -2.13. The molecule has 1 aromatic carbocycles. The highest BCUT2D eigenvalue weighted by molar-refractivity contribution is 9.13. The van der Waals surface area contributed by atoms with E-state index in [4.69, 9.17) is 5.73 Å². The second-order valence-electron chi connectivity index (χ2n) is 4.32. The molecule has 2 aromatic rings. The van der Waals surface area contributed by atoms with Crippen LogP contribution in [0.5, 0.6) is 0 Å². The van der Waals surface area contributed by atoms with E-state index in [0.29, 0.717) is 11.1 Å². The molecule has 20 heavy (non-hydrogen) atoms. The summed E-state index contributed by atoms with van der Waals surface area (Å²) in [6.07, 6.45) is -4.33. The second kappa shape index (κ2) is 5.79. The van der Waals surface area contributed by atoms with Gasteiger partial charge in [-0.05, 0) is 68.1 Å². The standard InChI is InChI=1S/C13H10Br2F3NS/c1-6-4-7(13(16,17)18)2-3-8(6)11(19)10-5-9(14)12(15)20-10/h2-5,11H,19H2,1H3. The topological polar surface area (TPSA) is 26.0 Å². The zero-order valence-corrected chi connectivity index (χ0v) is 14.3. The molecule has 0 aliphatic carbocycles. The molecule has 0 fully saturated rings. The fourth-order valence-corrected chi connectivity index (χ4v) is 3.98. The van der Waals surface area contributed by atoms with Gasteiger partial charge in [0.05, 0.1) is 15.4 Å². The fourth-order valence-electron chi connectivity index (χ4n) is 1.87. The summed E-state index contributed by atoms with van der Waals surface area (Å²) in [4.78, 5) is 0.881. The third-order valence-corrected chi connectivity index (χ3v) is 6.24. The predicted octanol–water partition coefficient (Wildman–Crippen LogP) is 5.65. The van der Waals surface area contributed by atoms with Crippen molar-refractivity contribution in [3.8, 4) is 0 Å². The Kier molecular flexibility index (Phi) is 4.63. The first-order valence-corrected chi connectivity index (χ1v) is 7.98. The number of rotatable bonds is 2. The van der Waals surface area contributed by atoms with Crippen molar-refractivity contribution < 1.29 is 13.2 Å². The Hall–Kier alpha value is -0.370. The minimum atomic E-state index is -4.33. The largest absolute Gasteiger partial charge is 0.416 e. The summed E-state index contributed by atoms with van der Waals surface area (Å²) >= 11 is 8.21. The first kappa shape index (κ1) is 16.0. The van der Waals surface area contributed by atoms with Crippen LogP contribution < -0.4 is 5.73 Å². The minimum absolute atomic E-state index is 0.440. The summed E-state index contributed by atoms with van der Waals surface area (Å²) in [5.41, 5.74) is 6.72. The SMILES string of the molecule is Cc1cc(C(F)(F)F)ccc1C(N)c1cc(Br)c(Br)s1. The van der Waals surface area contributed by atoms with Gasteiger partial charge in [0.2, 0.25) is 0 Å². The van der Waals surface area contributed by atoms with Gasteiger partial charge < -0.3 is 5.73 Å². The Morgan fingerprint density at radius 2 is 1.85 bits per heavy atom. The van der Waals surface area contributed by atoms with Crippen LogP contribution in [0.1, 0.15) is 27.6 Å². The van der Waals surface area contributed by atoms with Crippen LogP contribution in [0.15, 0.2) is 32.5 Å². The number of thiophene rings is 1. The summed E-state index contributed by atoms with van der Waals surface area (Å²) < 4.78 is 39.7. The number of alkyl halides is 3. The Bertz CT molecular complexity index is 618. The van der Waals surface area contributed by atoms with Crippen LogP contribution >= 0.6 is 43.2 Å². The molecule has 0 amide bonds. The molecule has 108 valence electrons. The van der Waals surface area contributed by atoms with Gasteiger partial charge in [-0.2, -0.15) is 13.2 Å². The zero-order valence-electron chi connectivity index (χ0n) is 10.3. The van der Waals surface area contributed by atoms with Crippen molar-refractivity contribution in [2.45, 2.75) is 19.1 Å². The highest BCUT2D eigenvalue weighted by Crippen LogP contribution is 2.38. The van der Waals surface area contributed by atoms with E-state index >= 15 is 0 Å². The smallest absolute Gasteiger partial charge is 0.320 e. The normalized spacial score (nSPS) is 13.6. The number of hydrogen-bond acceptors (Lipinski definition) is 2. The third kappa shape index (κ3) is 3.27. The van der Waals surface area contributed by atoms with E-state index in [0.717, 1.165) is 25.3 Å². The van der Waals surface area contributed by atoms with Gasteiger partial charge in [-0.3, -0.25) is 0 Å². The quantitative estimate of drug-likeness (QED) is 0.657. The van der Waals surface area contributed by atoms with E-state index in [1.165, 1.54) is 17.4 Å². The average Bonchev–Trinajstić information content (AvgIpc) is 2.67. The van der Waals surface area contributed by atoms with Gasteiger partial charge in [-0.15, -0.1) is 11.3 Å². The van der Waals surface area contributed by atoms with E-state index in [2.05, 4.69) is 31.9 Å². The molecule has 0 saturated heterocycles. The van der Waals surface area contributed by atoms with E-state index in [1.54, 1.807) is 6.92 Å². The van der Waals surface area contributed by atoms with Crippen molar-refractivity contribution in [2.24, 2.45) is 5.73 Å². The molecule has 1 nitrogen and oxygen atoms in total. The second-order valence-corrected chi connectivity index (χ2v) is 7.57. The molecule has 0 bridgehead atoms. The highest BCUT2D eigenvalue weighted by atomic mass is 79.9. The van der Waals surface area contributed by atoms with Crippen LogP contribution in [0.3, 0.4) is 0 Å². The molecular formula is C13H10Br2F3NS. The molecule has 1 unspecified atom stereocenters. The van der Waals surface area contributed by atoms with Gasteiger partial charge in [-0.25, -0.2) is 0 Å². The van der Waals surface area contributed by atoms with Gasteiger partial charge >= 0.3 is 6.18 Å². The Morgan fingerprint density at radius 3 is 2.30 bits per heavy atom. The molecule has 0 aliphatic heterocycles. The lowest BCUT2D eigenvalue weighted by Gasteiger charge is -2.15. The van der Waals surface area contributed by atoms with Crippen molar-refractivity contribution in [3.05, 3.63) is 54.1 Å². The number of hydrogen-bond donors (Lipinski definition) is 1. The molecule has 1 atom stereocenters. The Morgan fingerprint density at radius 1 is 1.20 bits per heavy atom. The Labute approximate surface area is 135 Å². The zero-order chi connectivity index (χ0) is 15.1. The van der Waals surface area contributed by atoms with Crippen LogP contribution in [0.4, 0.5) is 13.2 Å². The molecule has 7 heteroatoms. The molecule has 2 N–H and O–H groups in total. The number of aryl methyl sites for hydroxylation is 1. The maximum absolute atomic E-state index is 12.6. The summed E-state index contributed by atoms with van der Waals surface area (Å²) in [5, 5.41) is 0. The molecule has 2 rings (SSSR count). The van der Waals surface area contributed by atoms with Crippen LogP contribution in [-0.4, -0.2) is 0 Å². The van der Waals surface area contributed by atoms with Crippen molar-refractivity contribution in [2.75, 3.05) is 0 Å². The molecule has 0 radical (unpaired) electrons. The molecule has 1 heterocycles. The first-order valence-electron chi connectivity index (χ1n) is 5.58. The van der Waals surface area contributed by atoms with E-state index < -0.39 is 17.8 Å². The van der Waals surface area contributed by atoms with Crippen LogP contribution in [-0.2, 0) is 6.18 Å². The van der Waals surface area contributed by atoms with Gasteiger partial charge in [0.1, 0.15) is 0 Å². The van der Waals surface area contributed by atoms with Gasteiger partial charge in [0, 0.05) is 9.35 Å².